The third-order valence-corrected chi connectivity index (χ3v) is 3.19. The second-order valence-electron chi connectivity index (χ2n) is 2.82. The first kappa shape index (κ1) is 9.08. The molecule has 0 bridgehead atoms. The molecule has 1 unspecified atom stereocenters. The third-order valence-electron chi connectivity index (χ3n) is 1.97. The van der Waals surface area contributed by atoms with E-state index in [0.717, 1.165) is 11.5 Å². The summed E-state index contributed by atoms with van der Waals surface area (Å²) in [6.07, 6.45) is 0. The van der Waals surface area contributed by atoms with E-state index in [2.05, 4.69) is 22.6 Å². The van der Waals surface area contributed by atoms with Gasteiger partial charge in [0.15, 0.2) is 11.5 Å². The normalized spacial score (nSPS) is 15.8. The van der Waals surface area contributed by atoms with Crippen LogP contribution >= 0.6 is 22.6 Å². The van der Waals surface area contributed by atoms with Crippen LogP contribution in [0.4, 0.5) is 0 Å². The number of hydrogen-bond donors (Lipinski definition) is 1. The van der Waals surface area contributed by atoms with Gasteiger partial charge < -0.3 is 15.2 Å². The number of alkyl halides is 1. The van der Waals surface area contributed by atoms with Gasteiger partial charge in [-0.25, -0.2) is 0 Å². The first-order chi connectivity index (χ1) is 6.31. The van der Waals surface area contributed by atoms with Gasteiger partial charge in [0.25, 0.3) is 0 Å². The maximum Gasteiger partial charge on any atom is 0.231 e. The molecule has 0 radical (unpaired) electrons. The largest absolute Gasteiger partial charge is 0.454 e. The van der Waals surface area contributed by atoms with E-state index >= 15 is 0 Å². The van der Waals surface area contributed by atoms with Gasteiger partial charge in [-0.1, -0.05) is 28.7 Å². The summed E-state index contributed by atoms with van der Waals surface area (Å²) in [7, 11) is 0. The second-order valence-corrected chi connectivity index (χ2v) is 4.32. The van der Waals surface area contributed by atoms with E-state index in [0.29, 0.717) is 17.3 Å². The van der Waals surface area contributed by atoms with Crippen molar-refractivity contribution < 1.29 is 9.47 Å². The maximum absolute atomic E-state index is 5.57. The molecule has 2 N–H and O–H groups in total. The van der Waals surface area contributed by atoms with Gasteiger partial charge in [0.1, 0.15) is 0 Å². The first-order valence-electron chi connectivity index (χ1n) is 4.05. The minimum Gasteiger partial charge on any atom is -0.454 e. The lowest BCUT2D eigenvalue weighted by atomic mass is 10.1. The summed E-state index contributed by atoms with van der Waals surface area (Å²) in [6, 6.07) is 5.95. The average Bonchev–Trinajstić information content (AvgIpc) is 2.63. The van der Waals surface area contributed by atoms with Gasteiger partial charge in [-0.15, -0.1) is 0 Å². The molecule has 0 aromatic heterocycles. The van der Waals surface area contributed by atoms with Crippen molar-refractivity contribution in [1.29, 1.82) is 0 Å². The highest BCUT2D eigenvalue weighted by Crippen LogP contribution is 2.35. The Kier molecular flexibility index (Phi) is 2.59. The van der Waals surface area contributed by atoms with Crippen LogP contribution in [0, 0.1) is 0 Å². The zero-order valence-corrected chi connectivity index (χ0v) is 9.15. The summed E-state index contributed by atoms with van der Waals surface area (Å²) in [6.45, 7) is 0.966. The molecule has 1 aliphatic heterocycles. The van der Waals surface area contributed by atoms with Crippen molar-refractivity contribution in [2.24, 2.45) is 5.73 Å². The van der Waals surface area contributed by atoms with Gasteiger partial charge in [0.05, 0.1) is 0 Å². The fourth-order valence-corrected chi connectivity index (χ4v) is 1.63. The fraction of sp³-hybridized carbons (Fsp3) is 0.333. The van der Waals surface area contributed by atoms with Crippen LogP contribution < -0.4 is 15.2 Å². The van der Waals surface area contributed by atoms with Crippen molar-refractivity contribution in [2.75, 3.05) is 13.3 Å². The van der Waals surface area contributed by atoms with Gasteiger partial charge >= 0.3 is 0 Å². The smallest absolute Gasteiger partial charge is 0.231 e. The quantitative estimate of drug-likeness (QED) is 0.668. The topological polar surface area (TPSA) is 44.5 Å². The molecule has 2 rings (SSSR count). The molecule has 1 aliphatic rings. The van der Waals surface area contributed by atoms with Gasteiger partial charge in [0, 0.05) is 10.5 Å². The number of benzene rings is 1. The van der Waals surface area contributed by atoms with Gasteiger partial charge in [-0.2, -0.15) is 0 Å². The summed E-state index contributed by atoms with van der Waals surface area (Å²) in [4.78, 5) is 0. The molecule has 1 heterocycles. The highest BCUT2D eigenvalue weighted by atomic mass is 127. The Balaban J connectivity index is 2.30. The molecule has 0 amide bonds. The molecule has 0 fully saturated rings. The van der Waals surface area contributed by atoms with E-state index in [4.69, 9.17) is 15.2 Å². The minimum atomic E-state index is 0.327. The molecule has 0 saturated heterocycles. The van der Waals surface area contributed by atoms with Crippen LogP contribution in [-0.2, 0) is 0 Å². The molecular formula is C9H10INO2. The van der Waals surface area contributed by atoms with Crippen molar-refractivity contribution in [3.8, 4) is 11.5 Å². The zero-order valence-electron chi connectivity index (χ0n) is 7.00. The standard InChI is InChI=1S/C9H10INO2/c10-7(4-11)6-1-2-8-9(3-6)13-5-12-8/h1-3,7H,4-5,11H2. The van der Waals surface area contributed by atoms with Crippen LogP contribution in [0.15, 0.2) is 18.2 Å². The molecule has 4 heteroatoms. The number of hydrogen-bond acceptors (Lipinski definition) is 3. The van der Waals surface area contributed by atoms with E-state index in [9.17, 15) is 0 Å². The molecule has 13 heavy (non-hydrogen) atoms. The lowest BCUT2D eigenvalue weighted by Gasteiger charge is -2.07. The SMILES string of the molecule is NCC(I)c1ccc2c(c1)OCO2. The summed E-state index contributed by atoms with van der Waals surface area (Å²) < 4.78 is 10.8. The lowest BCUT2D eigenvalue weighted by molar-refractivity contribution is 0.174. The predicted octanol–water partition coefficient (Wildman–Crippen LogP) is 1.85. The molecule has 1 atom stereocenters. The van der Waals surface area contributed by atoms with Crippen LogP contribution in [0.5, 0.6) is 11.5 Å². The Morgan fingerprint density at radius 2 is 2.15 bits per heavy atom. The Labute approximate surface area is 90.3 Å². The van der Waals surface area contributed by atoms with Crippen molar-refractivity contribution >= 4 is 22.6 Å². The Morgan fingerprint density at radius 3 is 2.92 bits per heavy atom. The van der Waals surface area contributed by atoms with Crippen molar-refractivity contribution in [3.05, 3.63) is 23.8 Å². The second kappa shape index (κ2) is 3.71. The highest BCUT2D eigenvalue weighted by Gasteiger charge is 2.15. The maximum atomic E-state index is 5.57. The number of halogens is 1. The van der Waals surface area contributed by atoms with Crippen LogP contribution in [0.25, 0.3) is 0 Å². The third kappa shape index (κ3) is 1.73. The molecule has 0 spiro atoms. The van der Waals surface area contributed by atoms with Crippen LogP contribution in [-0.4, -0.2) is 13.3 Å². The van der Waals surface area contributed by atoms with Crippen molar-refractivity contribution in [1.82, 2.24) is 0 Å². The van der Waals surface area contributed by atoms with Gasteiger partial charge in [0.2, 0.25) is 6.79 Å². The molecular weight excluding hydrogens is 281 g/mol. The van der Waals surface area contributed by atoms with Crippen LogP contribution in [0.2, 0.25) is 0 Å². The molecule has 1 aromatic carbocycles. The number of fused-ring (bicyclic) bond motifs is 1. The lowest BCUT2D eigenvalue weighted by Crippen LogP contribution is -2.05. The first-order valence-corrected chi connectivity index (χ1v) is 5.29. The average molecular weight is 291 g/mol. The van der Waals surface area contributed by atoms with E-state index in [1.165, 1.54) is 5.56 Å². The summed E-state index contributed by atoms with van der Waals surface area (Å²) in [5.74, 6) is 1.65. The molecule has 1 aromatic rings. The van der Waals surface area contributed by atoms with Crippen molar-refractivity contribution in [3.63, 3.8) is 0 Å². The molecule has 3 nitrogen and oxygen atoms in total. The molecule has 0 aliphatic carbocycles. The fourth-order valence-electron chi connectivity index (χ4n) is 1.24. The zero-order chi connectivity index (χ0) is 9.26. The number of rotatable bonds is 2. The van der Waals surface area contributed by atoms with E-state index in [-0.39, 0.29) is 0 Å². The summed E-state index contributed by atoms with van der Waals surface area (Å²) in [5, 5.41) is 0. The summed E-state index contributed by atoms with van der Waals surface area (Å²) >= 11 is 2.32. The van der Waals surface area contributed by atoms with Crippen LogP contribution in [0.1, 0.15) is 9.49 Å². The number of nitrogens with two attached hydrogens (primary N) is 1. The van der Waals surface area contributed by atoms with E-state index in [1.54, 1.807) is 0 Å². The highest BCUT2D eigenvalue weighted by molar-refractivity contribution is 14.1. The Hall–Kier alpha value is -0.490. The predicted molar refractivity (Wildman–Crippen MR) is 58.4 cm³/mol. The monoisotopic (exact) mass is 291 g/mol. The minimum absolute atomic E-state index is 0.327. The Morgan fingerprint density at radius 1 is 1.38 bits per heavy atom. The van der Waals surface area contributed by atoms with Gasteiger partial charge in [-0.05, 0) is 17.7 Å². The molecule has 0 saturated carbocycles. The molecule has 70 valence electrons. The van der Waals surface area contributed by atoms with Crippen LogP contribution in [0.3, 0.4) is 0 Å². The number of ether oxygens (including phenoxy) is 2. The summed E-state index contributed by atoms with van der Waals surface area (Å²) in [5.41, 5.74) is 6.76. The Bertz CT molecular complexity index is 316. The van der Waals surface area contributed by atoms with Crippen molar-refractivity contribution in [2.45, 2.75) is 3.92 Å². The van der Waals surface area contributed by atoms with E-state index < -0.39 is 0 Å². The van der Waals surface area contributed by atoms with Gasteiger partial charge in [-0.3, -0.25) is 0 Å². The van der Waals surface area contributed by atoms with E-state index in [1.807, 2.05) is 18.2 Å².